The molecule has 32 heavy (non-hydrogen) atoms. The van der Waals surface area contributed by atoms with Crippen molar-refractivity contribution in [1.29, 1.82) is 0 Å². The summed E-state index contributed by atoms with van der Waals surface area (Å²) >= 11 is 1.43. The number of benzene rings is 1. The first-order valence-corrected chi connectivity index (χ1v) is 11.6. The molecule has 3 rings (SSSR count). The summed E-state index contributed by atoms with van der Waals surface area (Å²) in [5, 5.41) is 5.01. The van der Waals surface area contributed by atoms with E-state index in [1.165, 1.54) is 11.8 Å². The van der Waals surface area contributed by atoms with Crippen LogP contribution in [0.4, 0.5) is 0 Å². The number of esters is 1. The van der Waals surface area contributed by atoms with Gasteiger partial charge in [0.15, 0.2) is 6.61 Å². The molecule has 0 saturated carbocycles. The van der Waals surface area contributed by atoms with Crippen LogP contribution in [0, 0.1) is 13.8 Å². The fraction of sp³-hybridized carbons (Fsp3) is 0.435. The molecule has 0 radical (unpaired) electrons. The molecule has 0 atom stereocenters. The smallest absolute Gasteiger partial charge is 0.310 e. The summed E-state index contributed by atoms with van der Waals surface area (Å²) in [4.78, 5) is 36.0. The van der Waals surface area contributed by atoms with Gasteiger partial charge >= 0.3 is 5.97 Å². The minimum absolute atomic E-state index is 0.0105. The number of carbonyl (C=O) groups is 2. The van der Waals surface area contributed by atoms with Crippen LogP contribution in [0.2, 0.25) is 0 Å². The van der Waals surface area contributed by atoms with E-state index in [2.05, 4.69) is 15.1 Å². The van der Waals surface area contributed by atoms with Gasteiger partial charge in [-0.25, -0.2) is 9.50 Å². The van der Waals surface area contributed by atoms with Crippen molar-refractivity contribution in [1.82, 2.24) is 24.5 Å². The number of nitrogens with zero attached hydrogens (tertiary/aromatic N) is 5. The van der Waals surface area contributed by atoms with Crippen LogP contribution in [0.5, 0.6) is 0 Å². The van der Waals surface area contributed by atoms with Gasteiger partial charge in [0.2, 0.25) is 5.16 Å². The van der Waals surface area contributed by atoms with Crippen LogP contribution < -0.4 is 0 Å². The van der Waals surface area contributed by atoms with E-state index in [4.69, 9.17) is 4.74 Å². The summed E-state index contributed by atoms with van der Waals surface area (Å²) in [5.74, 6) is -0.222. The molecule has 0 spiro atoms. The molecule has 0 saturated heterocycles. The number of hydrogen-bond acceptors (Lipinski definition) is 7. The average Bonchev–Trinajstić information content (AvgIpc) is 3.16. The Bertz CT molecular complexity index is 1120. The summed E-state index contributed by atoms with van der Waals surface area (Å²) in [5.41, 5.74) is 2.81. The average molecular weight is 456 g/mol. The number of rotatable bonds is 7. The second-order valence-electron chi connectivity index (χ2n) is 8.55. The number of fused-ring (bicyclic) bond motifs is 1. The van der Waals surface area contributed by atoms with Crippen LogP contribution in [0.25, 0.3) is 5.78 Å². The lowest BCUT2D eigenvalue weighted by atomic mass is 10.0. The van der Waals surface area contributed by atoms with Crippen LogP contribution >= 0.6 is 11.8 Å². The van der Waals surface area contributed by atoms with Gasteiger partial charge in [-0.2, -0.15) is 4.98 Å². The molecule has 0 fully saturated rings. The largest absolute Gasteiger partial charge is 0.455 e. The molecule has 8 nitrogen and oxygen atoms in total. The van der Waals surface area contributed by atoms with Crippen molar-refractivity contribution in [2.24, 2.45) is 0 Å². The Morgan fingerprint density at radius 1 is 1.12 bits per heavy atom. The SMILES string of the molecule is CSc1nc2nc(C)c(CC(=O)OCC(=O)N(Cc3ccccc3)C(C)(C)C)c(C)n2n1. The number of carbonyl (C=O) groups excluding carboxylic acids is 2. The molecule has 170 valence electrons. The van der Waals surface area contributed by atoms with Crippen molar-refractivity contribution in [2.45, 2.75) is 58.3 Å². The van der Waals surface area contributed by atoms with Crippen molar-refractivity contribution < 1.29 is 14.3 Å². The molecule has 0 aliphatic carbocycles. The van der Waals surface area contributed by atoms with Gasteiger partial charge < -0.3 is 9.64 Å². The zero-order valence-electron chi connectivity index (χ0n) is 19.4. The summed E-state index contributed by atoms with van der Waals surface area (Å²) in [6, 6.07) is 9.76. The molecule has 2 heterocycles. The van der Waals surface area contributed by atoms with Gasteiger partial charge in [0.1, 0.15) is 0 Å². The highest BCUT2D eigenvalue weighted by atomic mass is 32.2. The first-order valence-electron chi connectivity index (χ1n) is 10.4. The molecule has 1 amide bonds. The van der Waals surface area contributed by atoms with E-state index >= 15 is 0 Å². The summed E-state index contributed by atoms with van der Waals surface area (Å²) in [6.45, 7) is 9.73. The number of thioether (sulfide) groups is 1. The zero-order valence-corrected chi connectivity index (χ0v) is 20.2. The van der Waals surface area contributed by atoms with Crippen LogP contribution in [0.3, 0.4) is 0 Å². The van der Waals surface area contributed by atoms with Crippen molar-refractivity contribution in [3.63, 3.8) is 0 Å². The first-order chi connectivity index (χ1) is 15.1. The maximum atomic E-state index is 12.9. The normalized spacial score (nSPS) is 11.6. The Labute approximate surface area is 192 Å². The Kier molecular flexibility index (Phi) is 7.18. The van der Waals surface area contributed by atoms with E-state index in [1.807, 2.05) is 71.2 Å². The molecule has 3 aromatic rings. The minimum Gasteiger partial charge on any atom is -0.455 e. The third kappa shape index (κ3) is 5.45. The number of aromatic nitrogens is 4. The fourth-order valence-electron chi connectivity index (χ4n) is 3.41. The monoisotopic (exact) mass is 455 g/mol. The number of aryl methyl sites for hydroxylation is 2. The standard InChI is InChI=1S/C23H29N5O3S/c1-15-18(16(2)28-21(24-15)25-22(26-28)32-6)12-20(30)31-14-19(29)27(23(3,4)5)13-17-10-8-7-9-11-17/h7-11H,12-14H2,1-6H3. The zero-order chi connectivity index (χ0) is 23.5. The van der Waals surface area contributed by atoms with Crippen LogP contribution in [-0.4, -0.2) is 54.8 Å². The first kappa shape index (κ1) is 23.7. The van der Waals surface area contributed by atoms with Crippen LogP contribution in [0.1, 0.15) is 43.3 Å². The van der Waals surface area contributed by atoms with Crippen LogP contribution in [-0.2, 0) is 27.3 Å². The Balaban J connectivity index is 1.68. The molecule has 0 unspecified atom stereocenters. The van der Waals surface area contributed by atoms with Gasteiger partial charge in [-0.15, -0.1) is 5.10 Å². The molecule has 0 aliphatic heterocycles. The van der Waals surface area contributed by atoms with Gasteiger partial charge in [-0.3, -0.25) is 9.59 Å². The number of hydrogen-bond donors (Lipinski definition) is 0. The lowest BCUT2D eigenvalue weighted by Gasteiger charge is -2.35. The second-order valence-corrected chi connectivity index (χ2v) is 9.32. The lowest BCUT2D eigenvalue weighted by Crippen LogP contribution is -2.46. The summed E-state index contributed by atoms with van der Waals surface area (Å²) in [7, 11) is 0. The van der Waals surface area contributed by atoms with Crippen molar-refractivity contribution in [3.05, 3.63) is 52.8 Å². The highest BCUT2D eigenvalue weighted by Crippen LogP contribution is 2.19. The molecule has 0 N–H and O–H groups in total. The summed E-state index contributed by atoms with van der Waals surface area (Å²) in [6.07, 6.45) is 1.90. The van der Waals surface area contributed by atoms with Crippen molar-refractivity contribution in [2.75, 3.05) is 12.9 Å². The van der Waals surface area contributed by atoms with E-state index in [0.717, 1.165) is 16.8 Å². The molecule has 2 aromatic heterocycles. The van der Waals surface area contributed by atoms with E-state index in [0.29, 0.717) is 23.2 Å². The van der Waals surface area contributed by atoms with Gasteiger partial charge in [-0.1, -0.05) is 42.1 Å². The van der Waals surface area contributed by atoms with Gasteiger partial charge in [0, 0.05) is 29.0 Å². The lowest BCUT2D eigenvalue weighted by molar-refractivity contribution is -0.154. The predicted molar refractivity (Wildman–Crippen MR) is 123 cm³/mol. The third-order valence-corrected chi connectivity index (χ3v) is 5.72. The van der Waals surface area contributed by atoms with E-state index in [-0.39, 0.29) is 18.9 Å². The molecule has 9 heteroatoms. The molecular weight excluding hydrogens is 426 g/mol. The van der Waals surface area contributed by atoms with E-state index in [9.17, 15) is 9.59 Å². The van der Waals surface area contributed by atoms with Crippen molar-refractivity contribution in [3.8, 4) is 0 Å². The molecular formula is C23H29N5O3S. The number of amides is 1. The Morgan fingerprint density at radius 3 is 2.44 bits per heavy atom. The fourth-order valence-corrected chi connectivity index (χ4v) is 3.75. The van der Waals surface area contributed by atoms with E-state index in [1.54, 1.807) is 9.42 Å². The van der Waals surface area contributed by atoms with Crippen molar-refractivity contribution >= 4 is 29.4 Å². The maximum absolute atomic E-state index is 12.9. The van der Waals surface area contributed by atoms with Gasteiger partial charge in [0.25, 0.3) is 11.7 Å². The van der Waals surface area contributed by atoms with Crippen LogP contribution in [0.15, 0.2) is 35.5 Å². The topological polar surface area (TPSA) is 89.7 Å². The Hall–Kier alpha value is -2.94. The van der Waals surface area contributed by atoms with Gasteiger partial charge in [0.05, 0.1) is 6.42 Å². The minimum atomic E-state index is -0.482. The quantitative estimate of drug-likeness (QED) is 0.398. The highest BCUT2D eigenvalue weighted by Gasteiger charge is 2.27. The second kappa shape index (κ2) is 9.68. The molecule has 1 aromatic carbocycles. The summed E-state index contributed by atoms with van der Waals surface area (Å²) < 4.78 is 7.00. The maximum Gasteiger partial charge on any atom is 0.310 e. The molecule has 0 aliphatic rings. The Morgan fingerprint density at radius 2 is 1.81 bits per heavy atom. The van der Waals surface area contributed by atoms with E-state index < -0.39 is 11.5 Å². The van der Waals surface area contributed by atoms with Gasteiger partial charge in [-0.05, 0) is 46.4 Å². The highest BCUT2D eigenvalue weighted by molar-refractivity contribution is 7.98. The molecule has 0 bridgehead atoms. The number of ether oxygens (including phenoxy) is 1. The predicted octanol–water partition coefficient (Wildman–Crippen LogP) is 3.38. The third-order valence-electron chi connectivity index (χ3n) is 5.18.